The van der Waals surface area contributed by atoms with Crippen molar-refractivity contribution in [1.82, 2.24) is 5.32 Å². The molecule has 0 aliphatic carbocycles. The van der Waals surface area contributed by atoms with Gasteiger partial charge in [0.25, 0.3) is 0 Å². The molecule has 0 saturated heterocycles. The summed E-state index contributed by atoms with van der Waals surface area (Å²) in [6, 6.07) is 24.4. The lowest BCUT2D eigenvalue weighted by Gasteiger charge is -2.23. The molecule has 4 rings (SSSR count). The van der Waals surface area contributed by atoms with E-state index < -0.39 is 0 Å². The first-order valence-electron chi connectivity index (χ1n) is 9.36. The van der Waals surface area contributed by atoms with Crippen molar-refractivity contribution in [1.29, 1.82) is 0 Å². The molecule has 0 fully saturated rings. The molecule has 3 nitrogen and oxygen atoms in total. The van der Waals surface area contributed by atoms with Crippen LogP contribution in [0.25, 0.3) is 21.7 Å². The average molecular weight is 357 g/mol. The Hall–Kier alpha value is -2.91. The van der Waals surface area contributed by atoms with Crippen molar-refractivity contribution < 1.29 is 4.42 Å². The van der Waals surface area contributed by atoms with Crippen LogP contribution in [-0.2, 0) is 6.54 Å². The van der Waals surface area contributed by atoms with Crippen LogP contribution >= 0.6 is 0 Å². The SMILES string of the molecule is CC(C)[C@H](NCc1cc(=O)oc2ccc3ccccc3c12)c1ccccc1. The number of hydrogen-bond acceptors (Lipinski definition) is 3. The molecule has 4 aromatic rings. The second kappa shape index (κ2) is 7.37. The zero-order chi connectivity index (χ0) is 18.8. The molecule has 136 valence electrons. The van der Waals surface area contributed by atoms with Gasteiger partial charge in [-0.05, 0) is 33.9 Å². The smallest absolute Gasteiger partial charge is 0.336 e. The number of benzene rings is 3. The van der Waals surface area contributed by atoms with Gasteiger partial charge in [0.05, 0.1) is 0 Å². The molecule has 0 spiro atoms. The first-order valence-corrected chi connectivity index (χ1v) is 9.36. The molecular formula is C24H23NO2. The Morgan fingerprint density at radius 3 is 2.44 bits per heavy atom. The molecule has 0 aliphatic rings. The van der Waals surface area contributed by atoms with Gasteiger partial charge in [-0.15, -0.1) is 0 Å². The second-order valence-corrected chi connectivity index (χ2v) is 7.26. The van der Waals surface area contributed by atoms with Crippen LogP contribution in [0, 0.1) is 5.92 Å². The molecule has 3 aromatic carbocycles. The van der Waals surface area contributed by atoms with Crippen LogP contribution < -0.4 is 10.9 Å². The molecule has 1 heterocycles. The zero-order valence-electron chi connectivity index (χ0n) is 15.6. The zero-order valence-corrected chi connectivity index (χ0v) is 15.6. The predicted octanol–water partition coefficient (Wildman–Crippen LogP) is 5.43. The molecule has 0 radical (unpaired) electrons. The van der Waals surface area contributed by atoms with Crippen molar-refractivity contribution >= 4 is 21.7 Å². The summed E-state index contributed by atoms with van der Waals surface area (Å²) in [4.78, 5) is 12.1. The van der Waals surface area contributed by atoms with Crippen molar-refractivity contribution in [2.24, 2.45) is 5.92 Å². The van der Waals surface area contributed by atoms with E-state index in [1.54, 1.807) is 6.07 Å². The lowest BCUT2D eigenvalue weighted by Crippen LogP contribution is -2.25. The molecule has 27 heavy (non-hydrogen) atoms. The number of rotatable bonds is 5. The lowest BCUT2D eigenvalue weighted by molar-refractivity contribution is 0.410. The van der Waals surface area contributed by atoms with Crippen molar-refractivity contribution in [2.45, 2.75) is 26.4 Å². The highest BCUT2D eigenvalue weighted by atomic mass is 16.4. The predicted molar refractivity (Wildman–Crippen MR) is 111 cm³/mol. The van der Waals surface area contributed by atoms with Gasteiger partial charge in [0.2, 0.25) is 0 Å². The van der Waals surface area contributed by atoms with E-state index in [9.17, 15) is 4.79 Å². The van der Waals surface area contributed by atoms with Gasteiger partial charge in [0, 0.05) is 24.0 Å². The van der Waals surface area contributed by atoms with Gasteiger partial charge in [0.1, 0.15) is 5.58 Å². The Kier molecular flexibility index (Phi) is 4.78. The molecule has 1 aromatic heterocycles. The highest BCUT2D eigenvalue weighted by Gasteiger charge is 2.16. The molecule has 0 saturated carbocycles. The van der Waals surface area contributed by atoms with Gasteiger partial charge in [0.15, 0.2) is 0 Å². The Labute approximate surface area is 158 Å². The summed E-state index contributed by atoms with van der Waals surface area (Å²) < 4.78 is 5.47. The van der Waals surface area contributed by atoms with Crippen LogP contribution in [0.15, 0.2) is 82.0 Å². The summed E-state index contributed by atoms with van der Waals surface area (Å²) in [7, 11) is 0. The van der Waals surface area contributed by atoms with E-state index in [1.807, 2.05) is 30.3 Å². The quantitative estimate of drug-likeness (QED) is 0.382. The fourth-order valence-electron chi connectivity index (χ4n) is 3.78. The maximum absolute atomic E-state index is 12.1. The fourth-order valence-corrected chi connectivity index (χ4v) is 3.78. The van der Waals surface area contributed by atoms with Crippen LogP contribution in [0.3, 0.4) is 0 Å². The fraction of sp³-hybridized carbons (Fsp3) is 0.208. The minimum atomic E-state index is -0.310. The molecule has 0 bridgehead atoms. The lowest BCUT2D eigenvalue weighted by atomic mass is 9.95. The van der Waals surface area contributed by atoms with Gasteiger partial charge in [-0.2, -0.15) is 0 Å². The monoisotopic (exact) mass is 357 g/mol. The van der Waals surface area contributed by atoms with E-state index in [0.29, 0.717) is 18.0 Å². The van der Waals surface area contributed by atoms with Crippen molar-refractivity contribution in [3.8, 4) is 0 Å². The summed E-state index contributed by atoms with van der Waals surface area (Å²) in [6.45, 7) is 5.02. The summed E-state index contributed by atoms with van der Waals surface area (Å²) in [5.74, 6) is 0.426. The first kappa shape index (κ1) is 17.5. The highest BCUT2D eigenvalue weighted by molar-refractivity contribution is 6.07. The maximum Gasteiger partial charge on any atom is 0.336 e. The van der Waals surface area contributed by atoms with Crippen molar-refractivity contribution in [3.05, 3.63) is 94.3 Å². The van der Waals surface area contributed by atoms with E-state index in [4.69, 9.17) is 4.42 Å². The summed E-state index contributed by atoms with van der Waals surface area (Å²) >= 11 is 0. The molecular weight excluding hydrogens is 334 g/mol. The topological polar surface area (TPSA) is 42.2 Å². The Bertz CT molecular complexity index is 1130. The molecule has 3 heteroatoms. The largest absolute Gasteiger partial charge is 0.423 e. The van der Waals surface area contributed by atoms with E-state index in [1.165, 1.54) is 5.56 Å². The van der Waals surface area contributed by atoms with Gasteiger partial charge in [-0.25, -0.2) is 4.79 Å². The van der Waals surface area contributed by atoms with E-state index in [2.05, 4.69) is 55.6 Å². The van der Waals surface area contributed by atoms with Gasteiger partial charge < -0.3 is 9.73 Å². The van der Waals surface area contributed by atoms with E-state index in [0.717, 1.165) is 21.7 Å². The van der Waals surface area contributed by atoms with Crippen LogP contribution in [0.4, 0.5) is 0 Å². The minimum Gasteiger partial charge on any atom is -0.423 e. The van der Waals surface area contributed by atoms with Crippen molar-refractivity contribution in [3.63, 3.8) is 0 Å². The first-order chi connectivity index (χ1) is 13.1. The van der Waals surface area contributed by atoms with E-state index >= 15 is 0 Å². The highest BCUT2D eigenvalue weighted by Crippen LogP contribution is 2.28. The third kappa shape index (κ3) is 3.51. The second-order valence-electron chi connectivity index (χ2n) is 7.26. The Morgan fingerprint density at radius 1 is 0.926 bits per heavy atom. The summed E-state index contributed by atoms with van der Waals surface area (Å²) in [6.07, 6.45) is 0. The minimum absolute atomic E-state index is 0.212. The van der Waals surface area contributed by atoms with E-state index in [-0.39, 0.29) is 11.7 Å². The summed E-state index contributed by atoms with van der Waals surface area (Å²) in [5.41, 5.74) is 2.55. The third-order valence-electron chi connectivity index (χ3n) is 5.05. The number of fused-ring (bicyclic) bond motifs is 3. The Balaban J connectivity index is 1.77. The molecule has 0 aliphatic heterocycles. The maximum atomic E-state index is 12.1. The van der Waals surface area contributed by atoms with Crippen LogP contribution in [-0.4, -0.2) is 0 Å². The molecule has 1 atom stereocenters. The average Bonchev–Trinajstić information content (AvgIpc) is 2.68. The van der Waals surface area contributed by atoms with Crippen LogP contribution in [0.2, 0.25) is 0 Å². The molecule has 1 N–H and O–H groups in total. The van der Waals surface area contributed by atoms with Gasteiger partial charge in [-0.3, -0.25) is 0 Å². The summed E-state index contributed by atoms with van der Waals surface area (Å²) in [5, 5.41) is 6.92. The number of nitrogens with one attached hydrogen (secondary N) is 1. The van der Waals surface area contributed by atoms with Crippen LogP contribution in [0.5, 0.6) is 0 Å². The van der Waals surface area contributed by atoms with Gasteiger partial charge in [-0.1, -0.05) is 74.5 Å². The molecule has 0 amide bonds. The molecule has 0 unspecified atom stereocenters. The number of hydrogen-bond donors (Lipinski definition) is 1. The normalized spacial score (nSPS) is 12.7. The Morgan fingerprint density at radius 2 is 1.67 bits per heavy atom. The van der Waals surface area contributed by atoms with Crippen molar-refractivity contribution in [2.75, 3.05) is 0 Å². The van der Waals surface area contributed by atoms with Crippen LogP contribution in [0.1, 0.15) is 31.0 Å². The third-order valence-corrected chi connectivity index (χ3v) is 5.05. The van der Waals surface area contributed by atoms with Gasteiger partial charge >= 0.3 is 5.63 Å². The standard InChI is InChI=1S/C24H23NO2/c1-16(2)24(18-9-4-3-5-10-18)25-15-19-14-22(26)27-21-13-12-17-8-6-7-11-20(17)23(19)21/h3-14,16,24-25H,15H2,1-2H3/t24-/m0/s1.